The van der Waals surface area contributed by atoms with Crippen LogP contribution in [0, 0.1) is 0 Å². The van der Waals surface area contributed by atoms with Gasteiger partial charge >= 0.3 is 0 Å². The molecule has 0 saturated heterocycles. The van der Waals surface area contributed by atoms with Gasteiger partial charge in [0.05, 0.1) is 33.6 Å². The molecule has 0 saturated carbocycles. The molecule has 14 aromatic rings. The standard InChI is InChI=1S/C86H70BN5/c1-86(2,3)65-46-49-78-74(54-65)73-38-20-21-43-77(73)90(78)68-55-81-83-82(56-68)92(85-71(59-30-16-10-17-31-59)41-25-42-72(85)60-32-18-11-19-33-60)80-48-45-64(62-35-23-37-67(51-62)89(6)7)53-76(80)87(83)75-52-63(61-34-22-36-66(50-61)88(4)5)44-47-79(75)91(81)84-69(57-26-12-8-13-27-57)39-24-40-70(84)58-28-14-9-15-29-58/h8-56H,1-7H3/i20D,21D,38D,43D. The predicted molar refractivity (Wildman–Crippen MR) is 395 cm³/mol. The lowest BCUT2D eigenvalue weighted by atomic mass is 9.33. The molecule has 0 fully saturated rings. The second-order valence-corrected chi connectivity index (χ2v) is 25.8. The van der Waals surface area contributed by atoms with E-state index in [1.165, 1.54) is 0 Å². The van der Waals surface area contributed by atoms with Crippen molar-refractivity contribution in [3.05, 3.63) is 303 Å². The summed E-state index contributed by atoms with van der Waals surface area (Å²) < 4.78 is 40.8. The van der Waals surface area contributed by atoms with Crippen molar-refractivity contribution in [3.63, 3.8) is 0 Å². The fourth-order valence-corrected chi connectivity index (χ4v) is 14.3. The molecule has 0 N–H and O–H groups in total. The molecule has 0 spiro atoms. The minimum Gasteiger partial charge on any atom is -0.378 e. The van der Waals surface area contributed by atoms with Gasteiger partial charge in [0.25, 0.3) is 6.71 Å². The first-order chi connectivity index (χ1) is 46.6. The topological polar surface area (TPSA) is 17.9 Å². The maximum absolute atomic E-state index is 10.1. The van der Waals surface area contributed by atoms with Crippen LogP contribution in [0.5, 0.6) is 0 Å². The number of anilines is 8. The molecule has 5 nitrogen and oxygen atoms in total. The summed E-state index contributed by atoms with van der Waals surface area (Å²) in [5.41, 5.74) is 27.0. The van der Waals surface area contributed by atoms with E-state index in [1.807, 2.05) is 0 Å². The zero-order chi connectivity index (χ0) is 65.8. The van der Waals surface area contributed by atoms with Gasteiger partial charge in [-0.15, -0.1) is 0 Å². The summed E-state index contributed by atoms with van der Waals surface area (Å²) in [5, 5.41) is 1.24. The Balaban J connectivity index is 1.13. The number of benzene rings is 13. The Labute approximate surface area is 546 Å². The van der Waals surface area contributed by atoms with Crippen LogP contribution < -0.4 is 36.0 Å². The molecule has 442 valence electrons. The average Bonchev–Trinajstić information content (AvgIpc) is 0.782. The molecule has 0 unspecified atom stereocenters. The SMILES string of the molecule is [2H]c1c([2H])c([2H])c2c(c1[2H])c1cc(C(C)(C)C)ccc1n2-c1cc2c3c(c1)N(c1c(-c4ccccc4)cccc1-c1ccccc1)c1ccc(-c4cccc(N(C)C)c4)cc1B3c1cc(-c3cccc(N(C)C)c3)ccc1N2c1c(-c2ccccc2)cccc1-c1ccccc1. The summed E-state index contributed by atoms with van der Waals surface area (Å²) in [6.07, 6.45) is 0. The highest BCUT2D eigenvalue weighted by molar-refractivity contribution is 7.00. The Morgan fingerprint density at radius 2 is 0.750 bits per heavy atom. The van der Waals surface area contributed by atoms with E-state index in [0.717, 1.165) is 151 Å². The lowest BCUT2D eigenvalue weighted by Crippen LogP contribution is -2.61. The summed E-state index contributed by atoms with van der Waals surface area (Å²) in [4.78, 5) is 9.40. The molecule has 3 heterocycles. The molecule has 2 aliphatic heterocycles. The smallest absolute Gasteiger partial charge is 0.252 e. The fourth-order valence-electron chi connectivity index (χ4n) is 14.3. The van der Waals surface area contributed by atoms with Gasteiger partial charge in [-0.25, -0.2) is 0 Å². The molecule has 92 heavy (non-hydrogen) atoms. The summed E-state index contributed by atoms with van der Waals surface area (Å²) in [7, 11) is 8.38. The molecule has 16 rings (SSSR count). The number of hydrogen-bond donors (Lipinski definition) is 0. The summed E-state index contributed by atoms with van der Waals surface area (Å²) in [5.74, 6) is 0. The lowest BCUT2D eigenvalue weighted by molar-refractivity contribution is 0.591. The highest BCUT2D eigenvalue weighted by Gasteiger charge is 2.46. The van der Waals surface area contributed by atoms with Crippen LogP contribution in [-0.4, -0.2) is 39.5 Å². The minimum absolute atomic E-state index is 0.0706. The zero-order valence-corrected chi connectivity index (χ0v) is 52.8. The van der Waals surface area contributed by atoms with Gasteiger partial charge in [0, 0.05) is 95.3 Å². The van der Waals surface area contributed by atoms with E-state index >= 15 is 0 Å². The van der Waals surface area contributed by atoms with Gasteiger partial charge < -0.3 is 24.2 Å². The number of nitrogens with zero attached hydrogens (tertiary/aromatic N) is 5. The van der Waals surface area contributed by atoms with E-state index in [9.17, 15) is 5.48 Å². The number of hydrogen-bond acceptors (Lipinski definition) is 4. The van der Waals surface area contributed by atoms with Gasteiger partial charge in [0.1, 0.15) is 0 Å². The first-order valence-electron chi connectivity index (χ1n) is 33.8. The zero-order valence-electron chi connectivity index (χ0n) is 56.8. The quantitative estimate of drug-likeness (QED) is 0.120. The van der Waals surface area contributed by atoms with Crippen molar-refractivity contribution >= 4 is 90.4 Å². The van der Waals surface area contributed by atoms with E-state index in [2.05, 4.69) is 346 Å². The molecule has 0 bridgehead atoms. The second kappa shape index (κ2) is 22.4. The maximum Gasteiger partial charge on any atom is 0.252 e. The van der Waals surface area contributed by atoms with Crippen LogP contribution in [0.2, 0.25) is 0 Å². The third-order valence-corrected chi connectivity index (χ3v) is 18.8. The maximum atomic E-state index is 10.1. The molecule has 0 aliphatic carbocycles. The van der Waals surface area contributed by atoms with Gasteiger partial charge in [-0.2, -0.15) is 0 Å². The van der Waals surface area contributed by atoms with Gasteiger partial charge in [0.2, 0.25) is 0 Å². The largest absolute Gasteiger partial charge is 0.378 e. The fraction of sp³-hybridized carbons (Fsp3) is 0.0930. The Hall–Kier alpha value is -11.1. The molecule has 0 atom stereocenters. The highest BCUT2D eigenvalue weighted by Crippen LogP contribution is 2.54. The summed E-state index contributed by atoms with van der Waals surface area (Å²) >= 11 is 0. The van der Waals surface area contributed by atoms with Gasteiger partial charge in [-0.1, -0.05) is 251 Å². The molecule has 0 radical (unpaired) electrons. The third-order valence-electron chi connectivity index (χ3n) is 18.8. The van der Waals surface area contributed by atoms with E-state index < -0.39 is 0 Å². The predicted octanol–water partition coefficient (Wildman–Crippen LogP) is 20.3. The molecule has 0 amide bonds. The van der Waals surface area contributed by atoms with E-state index in [-0.39, 0.29) is 36.3 Å². The van der Waals surface area contributed by atoms with Crippen LogP contribution in [-0.2, 0) is 5.41 Å². The van der Waals surface area contributed by atoms with Crippen LogP contribution >= 0.6 is 0 Å². The summed E-state index contributed by atoms with van der Waals surface area (Å²) in [6, 6.07) is 98.6. The average molecular weight is 1190 g/mol. The Morgan fingerprint density at radius 1 is 0.348 bits per heavy atom. The first kappa shape index (κ1) is 51.8. The van der Waals surface area contributed by atoms with Gasteiger partial charge in [-0.3, -0.25) is 0 Å². The van der Waals surface area contributed by atoms with Crippen LogP contribution in [0.3, 0.4) is 0 Å². The number of rotatable bonds is 11. The van der Waals surface area contributed by atoms with Crippen molar-refractivity contribution in [2.24, 2.45) is 0 Å². The lowest BCUT2D eigenvalue weighted by Gasteiger charge is -2.46. The minimum atomic E-state index is -0.381. The van der Waals surface area contributed by atoms with Crippen LogP contribution in [0.25, 0.3) is 94.3 Å². The van der Waals surface area contributed by atoms with E-state index in [4.69, 9.17) is 0 Å². The van der Waals surface area contributed by atoms with Crippen molar-refractivity contribution < 1.29 is 5.48 Å². The highest BCUT2D eigenvalue weighted by atomic mass is 15.2. The van der Waals surface area contributed by atoms with Crippen molar-refractivity contribution in [2.45, 2.75) is 26.2 Å². The second-order valence-electron chi connectivity index (χ2n) is 25.8. The molecular weight excluding hydrogens is 1110 g/mol. The van der Waals surface area contributed by atoms with Gasteiger partial charge in [-0.05, 0) is 139 Å². The Kier molecular flexibility index (Phi) is 12.6. The van der Waals surface area contributed by atoms with Crippen molar-refractivity contribution in [1.29, 1.82) is 0 Å². The molecule has 2 aliphatic rings. The van der Waals surface area contributed by atoms with Crippen LogP contribution in [0.15, 0.2) is 297 Å². The third kappa shape index (κ3) is 9.47. The summed E-state index contributed by atoms with van der Waals surface area (Å²) in [6.45, 7) is 6.18. The first-order valence-corrected chi connectivity index (χ1v) is 31.8. The Bertz CT molecular complexity index is 5040. The molecule has 6 heteroatoms. The molecular formula is C86H70BN5. The monoisotopic (exact) mass is 1190 g/mol. The van der Waals surface area contributed by atoms with Crippen molar-refractivity contribution in [2.75, 3.05) is 47.8 Å². The van der Waals surface area contributed by atoms with Crippen LogP contribution in [0.1, 0.15) is 31.8 Å². The number of fused-ring (bicyclic) bond motifs is 7. The van der Waals surface area contributed by atoms with Crippen molar-refractivity contribution in [1.82, 2.24) is 4.57 Å². The van der Waals surface area contributed by atoms with E-state index in [0.29, 0.717) is 10.9 Å². The Morgan fingerprint density at radius 3 is 1.17 bits per heavy atom. The number of para-hydroxylation sites is 3. The van der Waals surface area contributed by atoms with E-state index in [1.54, 1.807) is 0 Å². The van der Waals surface area contributed by atoms with Gasteiger partial charge in [0.15, 0.2) is 0 Å². The van der Waals surface area contributed by atoms with Crippen molar-refractivity contribution in [3.8, 4) is 72.4 Å². The molecule has 13 aromatic carbocycles. The van der Waals surface area contributed by atoms with Crippen LogP contribution in [0.4, 0.5) is 45.5 Å². The molecule has 1 aromatic heterocycles. The normalized spacial score (nSPS) is 13.1. The number of aromatic nitrogens is 1.